The quantitative estimate of drug-likeness (QED) is 0.783. The molecule has 0 amide bonds. The van der Waals surface area contributed by atoms with E-state index in [0.29, 0.717) is 19.1 Å². The first-order chi connectivity index (χ1) is 11.0. The number of para-hydroxylation sites is 1. The van der Waals surface area contributed by atoms with Crippen molar-refractivity contribution in [1.82, 2.24) is 0 Å². The molecule has 0 aliphatic heterocycles. The van der Waals surface area contributed by atoms with Crippen LogP contribution >= 0.6 is 0 Å². The molecule has 0 spiro atoms. The summed E-state index contributed by atoms with van der Waals surface area (Å²) < 4.78 is 11.4. The number of nitrogens with one attached hydrogen (secondary N) is 1. The van der Waals surface area contributed by atoms with Gasteiger partial charge in [-0.3, -0.25) is 0 Å². The van der Waals surface area contributed by atoms with Crippen LogP contribution in [0.4, 0.5) is 5.69 Å². The molecule has 1 N–H and O–H groups in total. The van der Waals surface area contributed by atoms with Gasteiger partial charge in [0, 0.05) is 17.8 Å². The Hall–Kier alpha value is -2.16. The third-order valence-corrected chi connectivity index (χ3v) is 3.83. The summed E-state index contributed by atoms with van der Waals surface area (Å²) in [7, 11) is 1.68. The van der Waals surface area contributed by atoms with Gasteiger partial charge in [-0.1, -0.05) is 32.0 Å². The Kier molecular flexibility index (Phi) is 5.91. The van der Waals surface area contributed by atoms with Crippen molar-refractivity contribution in [3.05, 3.63) is 53.1 Å². The fraction of sp³-hybridized carbons (Fsp3) is 0.400. The first-order valence-corrected chi connectivity index (χ1v) is 8.11. The smallest absolute Gasteiger partial charge is 0.166 e. The molecule has 124 valence electrons. The molecule has 3 nitrogen and oxygen atoms in total. The molecule has 0 radical (unpaired) electrons. The fourth-order valence-corrected chi connectivity index (χ4v) is 2.32. The lowest BCUT2D eigenvalue weighted by Crippen LogP contribution is -2.09. The van der Waals surface area contributed by atoms with E-state index < -0.39 is 0 Å². The molecule has 0 aromatic heterocycles. The Morgan fingerprint density at radius 2 is 1.83 bits per heavy atom. The Morgan fingerprint density at radius 1 is 1.04 bits per heavy atom. The second-order valence-electron chi connectivity index (χ2n) is 6.31. The van der Waals surface area contributed by atoms with Gasteiger partial charge in [-0.25, -0.2) is 0 Å². The SMILES string of the molecule is COc1cccc(CNc2ccc(C)c(C)c2)c1OCC(C)C. The standard InChI is InChI=1S/C20H27NO2/c1-14(2)13-23-20-17(7-6-8-19(20)22-5)12-21-18-10-9-15(3)16(4)11-18/h6-11,14,21H,12-13H2,1-5H3. The molecular weight excluding hydrogens is 286 g/mol. The van der Waals surface area contributed by atoms with Crippen molar-refractivity contribution in [3.8, 4) is 11.5 Å². The minimum atomic E-state index is 0.473. The number of aryl methyl sites for hydroxylation is 2. The van der Waals surface area contributed by atoms with E-state index in [-0.39, 0.29) is 0 Å². The van der Waals surface area contributed by atoms with E-state index in [1.807, 2.05) is 12.1 Å². The van der Waals surface area contributed by atoms with Crippen LogP contribution in [0.3, 0.4) is 0 Å². The Labute approximate surface area is 139 Å². The molecule has 0 bridgehead atoms. The van der Waals surface area contributed by atoms with Crippen LogP contribution < -0.4 is 14.8 Å². The van der Waals surface area contributed by atoms with Crippen molar-refractivity contribution in [2.24, 2.45) is 5.92 Å². The molecule has 0 aliphatic rings. The first kappa shape index (κ1) is 17.2. The molecule has 0 saturated heterocycles. The average Bonchev–Trinajstić information content (AvgIpc) is 2.54. The molecular formula is C20H27NO2. The minimum absolute atomic E-state index is 0.473. The molecule has 2 rings (SSSR count). The fourth-order valence-electron chi connectivity index (χ4n) is 2.32. The predicted molar refractivity (Wildman–Crippen MR) is 96.6 cm³/mol. The number of hydrogen-bond acceptors (Lipinski definition) is 3. The maximum atomic E-state index is 5.99. The van der Waals surface area contributed by atoms with Crippen LogP contribution in [-0.4, -0.2) is 13.7 Å². The molecule has 0 saturated carbocycles. The first-order valence-electron chi connectivity index (χ1n) is 8.11. The summed E-state index contributed by atoms with van der Waals surface area (Å²) in [6, 6.07) is 12.4. The molecule has 0 unspecified atom stereocenters. The van der Waals surface area contributed by atoms with Crippen molar-refractivity contribution >= 4 is 5.69 Å². The summed E-state index contributed by atoms with van der Waals surface area (Å²) in [5.41, 5.74) is 4.81. The van der Waals surface area contributed by atoms with E-state index in [0.717, 1.165) is 22.7 Å². The average molecular weight is 313 g/mol. The van der Waals surface area contributed by atoms with Crippen molar-refractivity contribution in [2.45, 2.75) is 34.2 Å². The van der Waals surface area contributed by atoms with Gasteiger partial charge in [0.25, 0.3) is 0 Å². The van der Waals surface area contributed by atoms with E-state index in [4.69, 9.17) is 9.47 Å². The van der Waals surface area contributed by atoms with Gasteiger partial charge in [0.1, 0.15) is 0 Å². The van der Waals surface area contributed by atoms with Crippen LogP contribution in [0.5, 0.6) is 11.5 Å². The zero-order valence-electron chi connectivity index (χ0n) is 14.8. The molecule has 2 aromatic carbocycles. The third-order valence-electron chi connectivity index (χ3n) is 3.83. The predicted octanol–water partition coefficient (Wildman–Crippen LogP) is 4.96. The highest BCUT2D eigenvalue weighted by Gasteiger charge is 2.11. The normalized spacial score (nSPS) is 10.7. The van der Waals surface area contributed by atoms with Crippen LogP contribution in [0.1, 0.15) is 30.5 Å². The lowest BCUT2D eigenvalue weighted by molar-refractivity contribution is 0.254. The number of benzene rings is 2. The van der Waals surface area contributed by atoms with Gasteiger partial charge < -0.3 is 14.8 Å². The van der Waals surface area contributed by atoms with Crippen molar-refractivity contribution in [3.63, 3.8) is 0 Å². The van der Waals surface area contributed by atoms with Gasteiger partial charge in [-0.15, -0.1) is 0 Å². The van der Waals surface area contributed by atoms with E-state index in [9.17, 15) is 0 Å². The molecule has 0 atom stereocenters. The third kappa shape index (κ3) is 4.65. The number of methoxy groups -OCH3 is 1. The summed E-state index contributed by atoms with van der Waals surface area (Å²) in [6.07, 6.45) is 0. The summed E-state index contributed by atoms with van der Waals surface area (Å²) in [5, 5.41) is 3.47. The maximum Gasteiger partial charge on any atom is 0.166 e. The minimum Gasteiger partial charge on any atom is -0.493 e. The molecule has 2 aromatic rings. The highest BCUT2D eigenvalue weighted by Crippen LogP contribution is 2.32. The number of ether oxygens (including phenoxy) is 2. The van der Waals surface area contributed by atoms with Crippen molar-refractivity contribution < 1.29 is 9.47 Å². The molecule has 0 heterocycles. The van der Waals surface area contributed by atoms with Crippen LogP contribution in [0.25, 0.3) is 0 Å². The van der Waals surface area contributed by atoms with Crippen LogP contribution in [0, 0.1) is 19.8 Å². The maximum absolute atomic E-state index is 5.99. The molecule has 0 fully saturated rings. The van der Waals surface area contributed by atoms with E-state index in [1.54, 1.807) is 7.11 Å². The van der Waals surface area contributed by atoms with Crippen LogP contribution in [0.2, 0.25) is 0 Å². The van der Waals surface area contributed by atoms with Crippen LogP contribution in [0.15, 0.2) is 36.4 Å². The van der Waals surface area contributed by atoms with Gasteiger partial charge in [-0.2, -0.15) is 0 Å². The van der Waals surface area contributed by atoms with Crippen molar-refractivity contribution in [1.29, 1.82) is 0 Å². The van der Waals surface area contributed by atoms with Gasteiger partial charge in [-0.05, 0) is 49.1 Å². The molecule has 0 aliphatic carbocycles. The number of hydrogen-bond donors (Lipinski definition) is 1. The largest absolute Gasteiger partial charge is 0.493 e. The molecule has 23 heavy (non-hydrogen) atoms. The topological polar surface area (TPSA) is 30.5 Å². The summed E-state index contributed by atoms with van der Waals surface area (Å²) in [4.78, 5) is 0. The summed E-state index contributed by atoms with van der Waals surface area (Å²) in [6.45, 7) is 9.91. The Morgan fingerprint density at radius 3 is 2.48 bits per heavy atom. The van der Waals surface area contributed by atoms with Gasteiger partial charge in [0.15, 0.2) is 11.5 Å². The lowest BCUT2D eigenvalue weighted by Gasteiger charge is -2.17. The van der Waals surface area contributed by atoms with Crippen LogP contribution in [-0.2, 0) is 6.54 Å². The molecule has 3 heteroatoms. The number of anilines is 1. The number of rotatable bonds is 7. The second-order valence-corrected chi connectivity index (χ2v) is 6.31. The zero-order valence-corrected chi connectivity index (χ0v) is 14.8. The second kappa shape index (κ2) is 7.91. The zero-order chi connectivity index (χ0) is 16.8. The van der Waals surface area contributed by atoms with E-state index in [1.165, 1.54) is 11.1 Å². The monoisotopic (exact) mass is 313 g/mol. The highest BCUT2D eigenvalue weighted by molar-refractivity contribution is 5.51. The summed E-state index contributed by atoms with van der Waals surface area (Å²) >= 11 is 0. The van der Waals surface area contributed by atoms with Gasteiger partial charge in [0.05, 0.1) is 13.7 Å². The van der Waals surface area contributed by atoms with E-state index in [2.05, 4.69) is 57.3 Å². The lowest BCUT2D eigenvalue weighted by atomic mass is 10.1. The van der Waals surface area contributed by atoms with E-state index >= 15 is 0 Å². The van der Waals surface area contributed by atoms with Gasteiger partial charge >= 0.3 is 0 Å². The Balaban J connectivity index is 2.16. The summed E-state index contributed by atoms with van der Waals surface area (Å²) in [5.74, 6) is 2.09. The Bertz CT molecular complexity index is 650. The van der Waals surface area contributed by atoms with Gasteiger partial charge in [0.2, 0.25) is 0 Å². The van der Waals surface area contributed by atoms with Crippen molar-refractivity contribution in [2.75, 3.05) is 19.0 Å². The highest BCUT2D eigenvalue weighted by atomic mass is 16.5.